The zero-order valence-corrected chi connectivity index (χ0v) is 13.5. The van der Waals surface area contributed by atoms with Crippen LogP contribution < -0.4 is 5.14 Å². The Bertz CT molecular complexity index is 752. The highest BCUT2D eigenvalue weighted by atomic mass is 79.9. The summed E-state index contributed by atoms with van der Waals surface area (Å²) in [6, 6.07) is 0.522. The summed E-state index contributed by atoms with van der Waals surface area (Å²) in [4.78, 5) is 24.1. The molecule has 3 N–H and O–H groups in total. The van der Waals surface area contributed by atoms with Gasteiger partial charge in [-0.3, -0.25) is 4.79 Å². The van der Waals surface area contributed by atoms with Crippen molar-refractivity contribution in [2.75, 3.05) is 6.54 Å². The van der Waals surface area contributed by atoms with E-state index in [9.17, 15) is 22.4 Å². The average Bonchev–Trinajstić information content (AvgIpc) is 2.88. The topological polar surface area (TPSA) is 118 Å². The summed E-state index contributed by atoms with van der Waals surface area (Å²) in [5, 5.41) is 14.1. The number of nitrogens with zero attached hydrogens (tertiary/aromatic N) is 1. The maximum absolute atomic E-state index is 13.6. The number of carboxylic acid groups (broad SMARTS) is 1. The number of halogens is 2. The molecular formula is C12H12BrFN2O5S. The summed E-state index contributed by atoms with van der Waals surface area (Å²) >= 11 is 2.94. The van der Waals surface area contributed by atoms with Gasteiger partial charge in [0.1, 0.15) is 11.9 Å². The fraction of sp³-hybridized carbons (Fsp3) is 0.333. The number of carbonyl (C=O) groups excluding carboxylic acids is 1. The van der Waals surface area contributed by atoms with Crippen molar-refractivity contribution in [1.29, 1.82) is 0 Å². The van der Waals surface area contributed by atoms with Crippen molar-refractivity contribution >= 4 is 37.8 Å². The second-order valence-electron chi connectivity index (χ2n) is 4.81. The Balaban J connectivity index is 2.51. The minimum absolute atomic E-state index is 0.183. The monoisotopic (exact) mass is 394 g/mol. The van der Waals surface area contributed by atoms with Crippen LogP contribution in [-0.4, -0.2) is 42.9 Å². The summed E-state index contributed by atoms with van der Waals surface area (Å²) in [5.74, 6) is -2.88. The lowest BCUT2D eigenvalue weighted by atomic mass is 10.1. The molecule has 1 fully saturated rings. The highest BCUT2D eigenvalue weighted by molar-refractivity contribution is 9.10. The average molecular weight is 395 g/mol. The second-order valence-corrected chi connectivity index (χ2v) is 7.13. The number of rotatable bonds is 3. The molecule has 1 amide bonds. The molecule has 22 heavy (non-hydrogen) atoms. The Morgan fingerprint density at radius 1 is 1.41 bits per heavy atom. The highest BCUT2D eigenvalue weighted by Gasteiger charge is 2.36. The molecule has 0 aromatic heterocycles. The van der Waals surface area contributed by atoms with Crippen LogP contribution in [-0.2, 0) is 14.8 Å². The molecule has 7 nitrogen and oxygen atoms in total. The van der Waals surface area contributed by atoms with Crippen molar-refractivity contribution in [3.8, 4) is 0 Å². The third kappa shape index (κ3) is 3.13. The van der Waals surface area contributed by atoms with Crippen LogP contribution in [0.5, 0.6) is 0 Å². The van der Waals surface area contributed by atoms with Crippen molar-refractivity contribution in [3.63, 3.8) is 0 Å². The van der Waals surface area contributed by atoms with Gasteiger partial charge in [-0.1, -0.05) is 0 Å². The first kappa shape index (κ1) is 16.8. The molecule has 1 heterocycles. The maximum atomic E-state index is 13.6. The van der Waals surface area contributed by atoms with Crippen LogP contribution in [0.1, 0.15) is 23.2 Å². The van der Waals surface area contributed by atoms with Crippen molar-refractivity contribution in [2.24, 2.45) is 5.14 Å². The molecule has 0 spiro atoms. The molecular weight excluding hydrogens is 383 g/mol. The van der Waals surface area contributed by atoms with Crippen molar-refractivity contribution in [3.05, 3.63) is 28.0 Å². The molecule has 0 aliphatic carbocycles. The Labute approximate surface area is 134 Å². The third-order valence-corrected chi connectivity index (χ3v) is 5.39. The number of primary sulfonamides is 1. The summed E-state index contributed by atoms with van der Waals surface area (Å²) < 4.78 is 36.3. The zero-order valence-electron chi connectivity index (χ0n) is 11.1. The number of aliphatic carboxylic acids is 1. The fourth-order valence-corrected chi connectivity index (χ4v) is 4.06. The molecule has 0 radical (unpaired) electrons. The maximum Gasteiger partial charge on any atom is 0.326 e. The van der Waals surface area contributed by atoms with E-state index in [-0.39, 0.29) is 23.0 Å². The van der Waals surface area contributed by atoms with Gasteiger partial charge < -0.3 is 10.0 Å². The summed E-state index contributed by atoms with van der Waals surface area (Å²) in [6.07, 6.45) is 0.785. The standard InChI is InChI=1S/C12H12BrFN2O5S/c13-10-7(4-6(14)5-9(10)22(15,20)21)11(17)16-3-1-2-8(16)12(18)19/h4-5,8H,1-3H2,(H,18,19)(H2,15,20,21)/t8-/m0/s1. The van der Waals surface area contributed by atoms with E-state index in [0.29, 0.717) is 12.5 Å². The van der Waals surface area contributed by atoms with E-state index < -0.39 is 38.7 Å². The molecule has 0 unspecified atom stereocenters. The quantitative estimate of drug-likeness (QED) is 0.790. The molecule has 1 atom stereocenters. The van der Waals surface area contributed by atoms with Gasteiger partial charge in [0.25, 0.3) is 5.91 Å². The highest BCUT2D eigenvalue weighted by Crippen LogP contribution is 2.29. The third-order valence-electron chi connectivity index (χ3n) is 3.34. The molecule has 0 saturated carbocycles. The molecule has 10 heteroatoms. The van der Waals surface area contributed by atoms with Gasteiger partial charge >= 0.3 is 5.97 Å². The van der Waals surface area contributed by atoms with Gasteiger partial charge in [-0.2, -0.15) is 0 Å². The number of benzene rings is 1. The van der Waals surface area contributed by atoms with Crippen LogP contribution in [0.15, 0.2) is 21.5 Å². The van der Waals surface area contributed by atoms with E-state index in [4.69, 9.17) is 10.2 Å². The van der Waals surface area contributed by atoms with Crippen LogP contribution in [0.3, 0.4) is 0 Å². The summed E-state index contributed by atoms with van der Waals surface area (Å²) in [5.41, 5.74) is -0.280. The number of carboxylic acids is 1. The number of likely N-dealkylation sites (tertiary alicyclic amines) is 1. The van der Waals surface area contributed by atoms with E-state index in [1.165, 1.54) is 0 Å². The SMILES string of the molecule is NS(=O)(=O)c1cc(F)cc(C(=O)N2CCC[C@H]2C(=O)O)c1Br. The fourth-order valence-electron chi connectivity index (χ4n) is 2.35. The number of carbonyl (C=O) groups is 2. The van der Waals surface area contributed by atoms with Gasteiger partial charge in [0.15, 0.2) is 0 Å². The van der Waals surface area contributed by atoms with Gasteiger partial charge in [-0.25, -0.2) is 22.7 Å². The molecule has 0 bridgehead atoms. The molecule has 1 aromatic rings. The number of sulfonamides is 1. The second kappa shape index (κ2) is 5.94. The molecule has 1 aliphatic heterocycles. The Kier molecular flexibility index (Phi) is 4.54. The zero-order chi connectivity index (χ0) is 16.7. The molecule has 2 rings (SSSR count). The first-order valence-corrected chi connectivity index (χ1v) is 8.52. The Hall–Kier alpha value is -1.52. The first-order valence-electron chi connectivity index (χ1n) is 6.18. The van der Waals surface area contributed by atoms with Crippen LogP contribution in [0.4, 0.5) is 4.39 Å². The molecule has 120 valence electrons. The number of amides is 1. The predicted octanol–water partition coefficient (Wildman–Crippen LogP) is 0.925. The van der Waals surface area contributed by atoms with E-state index >= 15 is 0 Å². The lowest BCUT2D eigenvalue weighted by molar-refractivity contribution is -0.141. The summed E-state index contributed by atoms with van der Waals surface area (Å²) in [6.45, 7) is 0.198. The van der Waals surface area contributed by atoms with E-state index in [1.54, 1.807) is 0 Å². The minimum atomic E-state index is -4.24. The van der Waals surface area contributed by atoms with Crippen molar-refractivity contribution < 1.29 is 27.5 Å². The molecule has 1 aliphatic rings. The van der Waals surface area contributed by atoms with E-state index in [1.807, 2.05) is 0 Å². The van der Waals surface area contributed by atoms with Crippen LogP contribution in [0.25, 0.3) is 0 Å². The Morgan fingerprint density at radius 2 is 2.05 bits per heavy atom. The first-order chi connectivity index (χ1) is 10.1. The normalized spacial score (nSPS) is 18.5. The van der Waals surface area contributed by atoms with Gasteiger partial charge in [0.2, 0.25) is 10.0 Å². The van der Waals surface area contributed by atoms with Gasteiger partial charge in [-0.15, -0.1) is 0 Å². The lowest BCUT2D eigenvalue weighted by Crippen LogP contribution is -2.40. The van der Waals surface area contributed by atoms with Gasteiger partial charge in [-0.05, 0) is 40.9 Å². The van der Waals surface area contributed by atoms with Gasteiger partial charge in [0, 0.05) is 6.54 Å². The van der Waals surface area contributed by atoms with E-state index in [0.717, 1.165) is 11.0 Å². The lowest BCUT2D eigenvalue weighted by Gasteiger charge is -2.22. The van der Waals surface area contributed by atoms with Crippen LogP contribution >= 0.6 is 15.9 Å². The number of hydrogen-bond acceptors (Lipinski definition) is 4. The number of hydrogen-bond donors (Lipinski definition) is 2. The van der Waals surface area contributed by atoms with Crippen molar-refractivity contribution in [1.82, 2.24) is 4.90 Å². The van der Waals surface area contributed by atoms with Gasteiger partial charge in [0.05, 0.1) is 14.9 Å². The van der Waals surface area contributed by atoms with Crippen LogP contribution in [0.2, 0.25) is 0 Å². The predicted molar refractivity (Wildman–Crippen MR) is 77.2 cm³/mol. The van der Waals surface area contributed by atoms with E-state index in [2.05, 4.69) is 15.9 Å². The largest absolute Gasteiger partial charge is 0.480 e. The smallest absolute Gasteiger partial charge is 0.326 e. The Morgan fingerprint density at radius 3 is 2.59 bits per heavy atom. The number of nitrogens with two attached hydrogens (primary N) is 1. The summed E-state index contributed by atoms with van der Waals surface area (Å²) in [7, 11) is -4.24. The van der Waals surface area contributed by atoms with Crippen molar-refractivity contribution in [2.45, 2.75) is 23.8 Å². The molecule has 1 aromatic carbocycles. The molecule has 1 saturated heterocycles. The minimum Gasteiger partial charge on any atom is -0.480 e. The van der Waals surface area contributed by atoms with Crippen LogP contribution in [0, 0.1) is 5.82 Å².